The minimum atomic E-state index is -0.559. The molecule has 1 aliphatic rings. The molecule has 1 aromatic rings. The molecule has 0 amide bonds. The molecular weight excluding hydrogens is 252 g/mol. The summed E-state index contributed by atoms with van der Waals surface area (Å²) in [5.41, 5.74) is 1.44. The molecule has 1 saturated carbocycles. The Morgan fingerprint density at radius 1 is 1.22 bits per heavy atom. The largest absolute Gasteiger partial charge is 0.495 e. The van der Waals surface area contributed by atoms with E-state index in [4.69, 9.17) is 21.1 Å². The normalized spacial score (nSPS) is 16.5. The van der Waals surface area contributed by atoms with Crippen LogP contribution < -0.4 is 9.47 Å². The number of hydrogen-bond acceptors (Lipinski definition) is 3. The number of methoxy groups -OCH3 is 2. The number of ether oxygens (including phenoxy) is 2. The van der Waals surface area contributed by atoms with Crippen molar-refractivity contribution in [3.05, 3.63) is 22.2 Å². The van der Waals surface area contributed by atoms with Gasteiger partial charge in [0.05, 0.1) is 19.8 Å². The smallest absolute Gasteiger partial charge is 0.144 e. The van der Waals surface area contributed by atoms with E-state index >= 15 is 0 Å². The van der Waals surface area contributed by atoms with Gasteiger partial charge >= 0.3 is 0 Å². The Hall–Kier alpha value is -0.930. The molecule has 1 fully saturated rings. The van der Waals surface area contributed by atoms with Crippen LogP contribution in [-0.4, -0.2) is 24.9 Å². The van der Waals surface area contributed by atoms with Crippen LogP contribution >= 0.6 is 11.6 Å². The molecule has 1 aromatic carbocycles. The number of aryl methyl sites for hydroxylation is 1. The molecule has 0 aliphatic heterocycles. The number of hydrogen-bond donors (Lipinski definition) is 1. The van der Waals surface area contributed by atoms with Crippen molar-refractivity contribution in [3.8, 4) is 11.5 Å². The summed E-state index contributed by atoms with van der Waals surface area (Å²) in [5, 5.41) is 10.6. The third kappa shape index (κ3) is 2.43. The van der Waals surface area contributed by atoms with Gasteiger partial charge in [-0.3, -0.25) is 0 Å². The van der Waals surface area contributed by atoms with Crippen molar-refractivity contribution < 1.29 is 14.6 Å². The van der Waals surface area contributed by atoms with Gasteiger partial charge in [-0.05, 0) is 36.5 Å². The number of halogens is 1. The molecule has 18 heavy (non-hydrogen) atoms. The fourth-order valence-electron chi connectivity index (χ4n) is 2.24. The van der Waals surface area contributed by atoms with Crippen LogP contribution in [0.5, 0.6) is 11.5 Å². The predicted octanol–water partition coefficient (Wildman–Crippen LogP) is 2.99. The van der Waals surface area contributed by atoms with Crippen molar-refractivity contribution in [3.63, 3.8) is 0 Å². The SMILES string of the molecule is CCc1cc(CC2(O)CC2)c(OC)c(Cl)c1OC. The molecule has 100 valence electrons. The van der Waals surface area contributed by atoms with E-state index in [9.17, 15) is 5.11 Å². The van der Waals surface area contributed by atoms with Gasteiger partial charge in [-0.15, -0.1) is 0 Å². The number of rotatable bonds is 5. The van der Waals surface area contributed by atoms with Crippen molar-refractivity contribution in [2.45, 2.75) is 38.2 Å². The lowest BCUT2D eigenvalue weighted by molar-refractivity contribution is 0.150. The molecule has 3 nitrogen and oxygen atoms in total. The third-order valence-electron chi connectivity index (χ3n) is 3.47. The summed E-state index contributed by atoms with van der Waals surface area (Å²) in [7, 11) is 3.20. The average molecular weight is 271 g/mol. The van der Waals surface area contributed by atoms with Gasteiger partial charge in [0, 0.05) is 6.42 Å². The first-order chi connectivity index (χ1) is 8.54. The van der Waals surface area contributed by atoms with Crippen molar-refractivity contribution in [2.75, 3.05) is 14.2 Å². The van der Waals surface area contributed by atoms with E-state index in [1.807, 2.05) is 6.07 Å². The molecule has 0 aromatic heterocycles. The van der Waals surface area contributed by atoms with Gasteiger partial charge in [-0.25, -0.2) is 0 Å². The molecule has 0 atom stereocenters. The first kappa shape index (κ1) is 13.5. The maximum atomic E-state index is 10.1. The van der Waals surface area contributed by atoms with Gasteiger partial charge in [0.1, 0.15) is 16.5 Å². The monoisotopic (exact) mass is 270 g/mol. The van der Waals surface area contributed by atoms with Crippen LogP contribution in [0.15, 0.2) is 6.07 Å². The molecule has 1 N–H and O–H groups in total. The molecular formula is C14H19ClO3. The first-order valence-electron chi connectivity index (χ1n) is 6.19. The molecule has 0 radical (unpaired) electrons. The summed E-state index contributed by atoms with van der Waals surface area (Å²) in [5.74, 6) is 1.29. The van der Waals surface area contributed by atoms with Crippen LogP contribution in [0.25, 0.3) is 0 Å². The zero-order chi connectivity index (χ0) is 13.3. The van der Waals surface area contributed by atoms with Gasteiger partial charge in [0.15, 0.2) is 0 Å². The van der Waals surface area contributed by atoms with Crippen LogP contribution in [-0.2, 0) is 12.8 Å². The Labute approximate surface area is 113 Å². The van der Waals surface area contributed by atoms with E-state index in [2.05, 4.69) is 6.92 Å². The summed E-state index contributed by atoms with van der Waals surface area (Å²) >= 11 is 6.32. The second-order valence-electron chi connectivity index (χ2n) is 4.83. The van der Waals surface area contributed by atoms with Crippen molar-refractivity contribution in [1.82, 2.24) is 0 Å². The van der Waals surface area contributed by atoms with Crippen molar-refractivity contribution in [2.24, 2.45) is 0 Å². The first-order valence-corrected chi connectivity index (χ1v) is 6.57. The quantitative estimate of drug-likeness (QED) is 0.894. The maximum absolute atomic E-state index is 10.1. The van der Waals surface area contributed by atoms with E-state index in [1.54, 1.807) is 14.2 Å². The highest BCUT2D eigenvalue weighted by atomic mass is 35.5. The highest BCUT2D eigenvalue weighted by molar-refractivity contribution is 6.33. The summed E-state index contributed by atoms with van der Waals surface area (Å²) in [6.45, 7) is 2.05. The molecule has 0 bridgehead atoms. The number of benzene rings is 1. The summed E-state index contributed by atoms with van der Waals surface area (Å²) in [6, 6.07) is 2.03. The van der Waals surface area contributed by atoms with Gasteiger partial charge in [0.25, 0.3) is 0 Å². The summed E-state index contributed by atoms with van der Waals surface area (Å²) in [4.78, 5) is 0. The lowest BCUT2D eigenvalue weighted by Gasteiger charge is -2.18. The van der Waals surface area contributed by atoms with Crippen molar-refractivity contribution >= 4 is 11.6 Å². The minimum Gasteiger partial charge on any atom is -0.495 e. The molecule has 0 unspecified atom stereocenters. The van der Waals surface area contributed by atoms with Crippen LogP contribution in [0.3, 0.4) is 0 Å². The molecule has 2 rings (SSSR count). The van der Waals surface area contributed by atoms with E-state index in [0.29, 0.717) is 22.9 Å². The topological polar surface area (TPSA) is 38.7 Å². The van der Waals surface area contributed by atoms with E-state index < -0.39 is 5.60 Å². The van der Waals surface area contributed by atoms with Gasteiger partial charge in [0.2, 0.25) is 0 Å². The van der Waals surface area contributed by atoms with Gasteiger partial charge in [-0.2, -0.15) is 0 Å². The molecule has 0 spiro atoms. The number of aliphatic hydroxyl groups is 1. The third-order valence-corrected chi connectivity index (χ3v) is 3.81. The molecule has 4 heteroatoms. The standard InChI is InChI=1S/C14H19ClO3/c1-4-9-7-10(8-14(16)5-6-14)13(18-3)11(15)12(9)17-2/h7,16H,4-6,8H2,1-3H3. The Morgan fingerprint density at radius 2 is 1.78 bits per heavy atom. The fourth-order valence-corrected chi connectivity index (χ4v) is 2.63. The summed E-state index contributed by atoms with van der Waals surface area (Å²) in [6.07, 6.45) is 3.12. The maximum Gasteiger partial charge on any atom is 0.144 e. The van der Waals surface area contributed by atoms with Crippen LogP contribution in [0.4, 0.5) is 0 Å². The lowest BCUT2D eigenvalue weighted by atomic mass is 10.0. The Bertz CT molecular complexity index is 453. The van der Waals surface area contributed by atoms with Crippen LogP contribution in [0, 0.1) is 0 Å². The van der Waals surface area contributed by atoms with Crippen LogP contribution in [0.1, 0.15) is 30.9 Å². The molecule has 0 saturated heterocycles. The van der Waals surface area contributed by atoms with Gasteiger partial charge in [-0.1, -0.05) is 18.5 Å². The van der Waals surface area contributed by atoms with E-state index in [1.165, 1.54) is 0 Å². The Balaban J connectivity index is 2.47. The Kier molecular flexibility index (Phi) is 3.74. The highest BCUT2D eigenvalue weighted by Crippen LogP contribution is 2.45. The Morgan fingerprint density at radius 3 is 2.22 bits per heavy atom. The highest BCUT2D eigenvalue weighted by Gasteiger charge is 2.41. The second kappa shape index (κ2) is 4.98. The van der Waals surface area contributed by atoms with Gasteiger partial charge < -0.3 is 14.6 Å². The van der Waals surface area contributed by atoms with E-state index in [-0.39, 0.29) is 0 Å². The second-order valence-corrected chi connectivity index (χ2v) is 5.21. The zero-order valence-corrected chi connectivity index (χ0v) is 11.8. The average Bonchev–Trinajstić information content (AvgIpc) is 3.06. The fraction of sp³-hybridized carbons (Fsp3) is 0.571. The zero-order valence-electron chi connectivity index (χ0n) is 11.0. The van der Waals surface area contributed by atoms with Crippen LogP contribution in [0.2, 0.25) is 5.02 Å². The summed E-state index contributed by atoms with van der Waals surface area (Å²) < 4.78 is 10.7. The lowest BCUT2D eigenvalue weighted by Crippen LogP contribution is -2.12. The molecule has 1 aliphatic carbocycles. The predicted molar refractivity (Wildman–Crippen MR) is 71.8 cm³/mol. The van der Waals surface area contributed by atoms with E-state index in [0.717, 1.165) is 30.4 Å². The minimum absolute atomic E-state index is 0.499. The van der Waals surface area contributed by atoms with Crippen molar-refractivity contribution in [1.29, 1.82) is 0 Å². The molecule has 0 heterocycles.